The zero-order valence-corrected chi connectivity index (χ0v) is 17.4. The molecule has 2 aromatic heterocycles. The van der Waals surface area contributed by atoms with Crippen molar-refractivity contribution in [2.75, 3.05) is 26.4 Å². The van der Waals surface area contributed by atoms with E-state index in [1.54, 1.807) is 6.20 Å². The van der Waals surface area contributed by atoms with E-state index in [2.05, 4.69) is 19.8 Å². The molecule has 7 nitrogen and oxygen atoms in total. The Kier molecular flexibility index (Phi) is 4.41. The summed E-state index contributed by atoms with van der Waals surface area (Å²) in [7, 11) is 4.03. The van der Waals surface area contributed by atoms with Crippen molar-refractivity contribution in [3.05, 3.63) is 66.0 Å². The molecule has 0 spiro atoms. The van der Waals surface area contributed by atoms with Crippen molar-refractivity contribution < 1.29 is 9.59 Å². The van der Waals surface area contributed by atoms with Gasteiger partial charge < -0.3 is 20.2 Å². The van der Waals surface area contributed by atoms with Crippen LogP contribution in [0.4, 0.5) is 5.69 Å². The lowest BCUT2D eigenvalue weighted by atomic mass is 9.95. The molecule has 0 unspecified atom stereocenters. The van der Waals surface area contributed by atoms with Gasteiger partial charge in [-0.15, -0.1) is 0 Å². The SMILES string of the molecule is CN(C)CCn1cc(C2=C(c3c[nH]c4ccccc34)C(=O)NC2=O)c2c(N)cccc21. The molecule has 156 valence electrons. The number of nitrogens with two attached hydrogens (primary N) is 1. The van der Waals surface area contributed by atoms with Crippen LogP contribution in [-0.4, -0.2) is 46.9 Å². The maximum absolute atomic E-state index is 13.0. The summed E-state index contributed by atoms with van der Waals surface area (Å²) in [6, 6.07) is 13.4. The number of hydrogen-bond acceptors (Lipinski definition) is 4. The van der Waals surface area contributed by atoms with Crippen LogP contribution in [0.15, 0.2) is 54.9 Å². The van der Waals surface area contributed by atoms with Crippen LogP contribution in [0.5, 0.6) is 0 Å². The largest absolute Gasteiger partial charge is 0.398 e. The summed E-state index contributed by atoms with van der Waals surface area (Å²) in [5.74, 6) is -0.798. The number of fused-ring (bicyclic) bond motifs is 2. The highest BCUT2D eigenvalue weighted by atomic mass is 16.2. The van der Waals surface area contributed by atoms with Gasteiger partial charge in [0.1, 0.15) is 0 Å². The average Bonchev–Trinajstić information content (AvgIpc) is 3.40. The van der Waals surface area contributed by atoms with E-state index in [0.29, 0.717) is 28.0 Å². The molecule has 0 fully saturated rings. The topological polar surface area (TPSA) is 96.1 Å². The molecule has 2 amide bonds. The molecule has 0 saturated heterocycles. The van der Waals surface area contributed by atoms with E-state index < -0.39 is 11.8 Å². The summed E-state index contributed by atoms with van der Waals surface area (Å²) in [5, 5.41) is 4.17. The summed E-state index contributed by atoms with van der Waals surface area (Å²) < 4.78 is 2.09. The van der Waals surface area contributed by atoms with Crippen molar-refractivity contribution in [2.45, 2.75) is 6.54 Å². The second-order valence-electron chi connectivity index (χ2n) is 8.06. The van der Waals surface area contributed by atoms with Crippen LogP contribution in [0.25, 0.3) is 33.0 Å². The van der Waals surface area contributed by atoms with Gasteiger partial charge in [0.25, 0.3) is 11.8 Å². The van der Waals surface area contributed by atoms with Crippen LogP contribution < -0.4 is 11.1 Å². The fraction of sp³-hybridized carbons (Fsp3) is 0.167. The molecule has 0 atom stereocenters. The highest BCUT2D eigenvalue weighted by Crippen LogP contribution is 2.39. The van der Waals surface area contributed by atoms with E-state index in [9.17, 15) is 9.59 Å². The predicted molar refractivity (Wildman–Crippen MR) is 123 cm³/mol. The maximum atomic E-state index is 13.0. The molecular weight excluding hydrogens is 390 g/mol. The van der Waals surface area contributed by atoms with Gasteiger partial charge in [-0.05, 0) is 32.3 Å². The van der Waals surface area contributed by atoms with Crippen LogP contribution >= 0.6 is 0 Å². The zero-order valence-electron chi connectivity index (χ0n) is 17.4. The number of hydrogen-bond donors (Lipinski definition) is 3. The third-order valence-electron chi connectivity index (χ3n) is 5.79. The monoisotopic (exact) mass is 413 g/mol. The molecule has 31 heavy (non-hydrogen) atoms. The minimum absolute atomic E-state index is 0.362. The number of aromatic nitrogens is 2. The average molecular weight is 413 g/mol. The molecule has 3 heterocycles. The molecule has 7 heteroatoms. The van der Waals surface area contributed by atoms with E-state index in [1.165, 1.54) is 0 Å². The molecule has 4 aromatic rings. The van der Waals surface area contributed by atoms with Crippen LogP contribution in [0, 0.1) is 0 Å². The number of imide groups is 1. The lowest BCUT2D eigenvalue weighted by Crippen LogP contribution is -2.22. The minimum atomic E-state index is -0.403. The van der Waals surface area contributed by atoms with Crippen LogP contribution in [0.1, 0.15) is 11.1 Å². The van der Waals surface area contributed by atoms with Gasteiger partial charge in [-0.2, -0.15) is 0 Å². The Morgan fingerprint density at radius 3 is 2.48 bits per heavy atom. The second-order valence-corrected chi connectivity index (χ2v) is 8.06. The van der Waals surface area contributed by atoms with Crippen molar-refractivity contribution >= 4 is 50.5 Å². The van der Waals surface area contributed by atoms with Gasteiger partial charge >= 0.3 is 0 Å². The molecule has 0 saturated carbocycles. The lowest BCUT2D eigenvalue weighted by molar-refractivity contribution is -0.122. The molecule has 1 aliphatic heterocycles. The van der Waals surface area contributed by atoms with Gasteiger partial charge in [0.05, 0.1) is 16.7 Å². The first-order valence-electron chi connectivity index (χ1n) is 10.1. The van der Waals surface area contributed by atoms with Gasteiger partial charge in [-0.25, -0.2) is 0 Å². The van der Waals surface area contributed by atoms with Crippen LogP contribution in [0.3, 0.4) is 0 Å². The van der Waals surface area contributed by atoms with Crippen molar-refractivity contribution in [2.24, 2.45) is 0 Å². The molecule has 2 aromatic carbocycles. The van der Waals surface area contributed by atoms with Crippen molar-refractivity contribution in [3.63, 3.8) is 0 Å². The first-order valence-corrected chi connectivity index (χ1v) is 10.1. The van der Waals surface area contributed by atoms with Gasteiger partial charge in [0.15, 0.2) is 0 Å². The number of anilines is 1. The lowest BCUT2D eigenvalue weighted by Gasteiger charge is -2.11. The predicted octanol–water partition coefficient (Wildman–Crippen LogP) is 2.83. The summed E-state index contributed by atoms with van der Waals surface area (Å²) in [6.45, 7) is 1.57. The number of nitrogens with one attached hydrogen (secondary N) is 2. The molecule has 0 bridgehead atoms. The molecule has 0 radical (unpaired) electrons. The first-order chi connectivity index (χ1) is 15.0. The van der Waals surface area contributed by atoms with E-state index in [-0.39, 0.29) is 0 Å². The fourth-order valence-electron chi connectivity index (χ4n) is 4.31. The van der Waals surface area contributed by atoms with Gasteiger partial charge in [-0.1, -0.05) is 24.3 Å². The summed E-state index contributed by atoms with van der Waals surface area (Å²) in [5.41, 5.74) is 10.9. The zero-order chi connectivity index (χ0) is 21.7. The smallest absolute Gasteiger partial charge is 0.259 e. The number of carbonyl (C=O) groups is 2. The Hall–Kier alpha value is -3.84. The van der Waals surface area contributed by atoms with Crippen molar-refractivity contribution in [1.29, 1.82) is 0 Å². The van der Waals surface area contributed by atoms with Crippen LogP contribution in [-0.2, 0) is 16.1 Å². The first kappa shape index (κ1) is 19.1. The number of likely N-dealkylation sites (N-methyl/N-ethyl adjacent to an activating group) is 1. The third-order valence-corrected chi connectivity index (χ3v) is 5.79. The molecule has 4 N–H and O–H groups in total. The highest BCUT2D eigenvalue weighted by molar-refractivity contribution is 6.51. The van der Waals surface area contributed by atoms with Crippen molar-refractivity contribution in [1.82, 2.24) is 19.8 Å². The highest BCUT2D eigenvalue weighted by Gasteiger charge is 2.35. The fourth-order valence-corrected chi connectivity index (χ4v) is 4.31. The number of benzene rings is 2. The number of H-pyrrole nitrogens is 1. The minimum Gasteiger partial charge on any atom is -0.398 e. The Bertz CT molecular complexity index is 1390. The van der Waals surface area contributed by atoms with Crippen LogP contribution in [0.2, 0.25) is 0 Å². The summed E-state index contributed by atoms with van der Waals surface area (Å²) in [4.78, 5) is 31.2. The molecule has 1 aliphatic rings. The summed E-state index contributed by atoms with van der Waals surface area (Å²) >= 11 is 0. The quantitative estimate of drug-likeness (QED) is 0.346. The van der Waals surface area contributed by atoms with E-state index in [4.69, 9.17) is 5.73 Å². The Morgan fingerprint density at radius 1 is 0.968 bits per heavy atom. The van der Waals surface area contributed by atoms with E-state index in [0.717, 1.165) is 34.9 Å². The molecular formula is C24H23N5O2. The number of nitrogen functional groups attached to an aromatic ring is 1. The van der Waals surface area contributed by atoms with E-state index >= 15 is 0 Å². The van der Waals surface area contributed by atoms with Gasteiger partial charge in [0, 0.05) is 58.6 Å². The number of amides is 2. The Labute approximate surface area is 179 Å². The maximum Gasteiger partial charge on any atom is 0.259 e. The van der Waals surface area contributed by atoms with Crippen molar-refractivity contribution in [3.8, 4) is 0 Å². The standard InChI is InChI=1S/C24H23N5O2/c1-28(2)10-11-29-13-16(20-17(25)7-5-9-19(20)29)22-21(23(30)27-24(22)31)15-12-26-18-8-4-3-6-14(15)18/h3-9,12-13,26H,10-11,25H2,1-2H3,(H,27,30,31). The number of rotatable bonds is 5. The third kappa shape index (κ3) is 3.02. The normalized spacial score (nSPS) is 14.4. The summed E-state index contributed by atoms with van der Waals surface area (Å²) in [6.07, 6.45) is 3.72. The number of carbonyl (C=O) groups excluding carboxylic acids is 2. The second kappa shape index (κ2) is 7.14. The number of nitrogens with zero attached hydrogens (tertiary/aromatic N) is 2. The van der Waals surface area contributed by atoms with Gasteiger partial charge in [0.2, 0.25) is 0 Å². The molecule has 5 rings (SSSR count). The number of para-hydroxylation sites is 1. The Balaban J connectivity index is 1.79. The van der Waals surface area contributed by atoms with E-state index in [1.807, 2.05) is 62.8 Å². The van der Waals surface area contributed by atoms with Gasteiger partial charge in [-0.3, -0.25) is 14.9 Å². The Morgan fingerprint density at radius 2 is 1.71 bits per heavy atom. The molecule has 0 aliphatic carbocycles. The number of aromatic amines is 1.